The van der Waals surface area contributed by atoms with Crippen LogP contribution in [0.4, 0.5) is 5.69 Å². The fourth-order valence-corrected chi connectivity index (χ4v) is 1.57. The fourth-order valence-electron chi connectivity index (χ4n) is 1.38. The smallest absolute Gasteiger partial charge is 0.288 e. The first kappa shape index (κ1) is 16.3. The van der Waals surface area contributed by atoms with Crippen molar-refractivity contribution in [2.45, 2.75) is 19.8 Å². The van der Waals surface area contributed by atoms with Gasteiger partial charge in [0.1, 0.15) is 11.3 Å². The second-order valence-electron chi connectivity index (χ2n) is 4.01. The highest BCUT2D eigenvalue weighted by Crippen LogP contribution is 2.18. The van der Waals surface area contributed by atoms with Crippen molar-refractivity contribution < 1.29 is 14.5 Å². The number of hydrogen-bond acceptors (Lipinski definition) is 5. The average molecular weight is 302 g/mol. The van der Waals surface area contributed by atoms with E-state index in [0.29, 0.717) is 19.8 Å². The second-order valence-corrected chi connectivity index (χ2v) is 4.37. The van der Waals surface area contributed by atoms with E-state index in [1.165, 1.54) is 0 Å². The molecule has 0 aliphatic heterocycles. The molecule has 0 atom stereocenters. The number of rotatable bonds is 8. The topological polar surface area (TPSA) is 94.4 Å². The Hall–Kier alpha value is -1.73. The van der Waals surface area contributed by atoms with Crippen molar-refractivity contribution in [3.63, 3.8) is 0 Å². The summed E-state index contributed by atoms with van der Waals surface area (Å²) in [4.78, 5) is 25.4. The van der Waals surface area contributed by atoms with Gasteiger partial charge in [0.05, 0.1) is 17.1 Å². The van der Waals surface area contributed by atoms with Crippen LogP contribution >= 0.6 is 11.6 Å². The lowest BCUT2D eigenvalue weighted by Gasteiger charge is -2.07. The number of carbonyl (C=O) groups is 1. The van der Waals surface area contributed by atoms with Gasteiger partial charge in [-0.25, -0.2) is 4.98 Å². The Kier molecular flexibility index (Phi) is 6.89. The van der Waals surface area contributed by atoms with E-state index in [4.69, 9.17) is 16.3 Å². The normalized spacial score (nSPS) is 10.3. The number of hydrogen-bond donors (Lipinski definition) is 1. The highest BCUT2D eigenvalue weighted by molar-refractivity contribution is 6.32. The summed E-state index contributed by atoms with van der Waals surface area (Å²) in [5, 5.41) is 13.1. The molecule has 20 heavy (non-hydrogen) atoms. The molecule has 0 radical (unpaired) electrons. The molecule has 0 aromatic carbocycles. The van der Waals surface area contributed by atoms with Gasteiger partial charge in [0.25, 0.3) is 11.6 Å². The molecule has 0 spiro atoms. The van der Waals surface area contributed by atoms with E-state index in [1.807, 2.05) is 0 Å². The zero-order valence-corrected chi connectivity index (χ0v) is 11.9. The Morgan fingerprint density at radius 1 is 1.55 bits per heavy atom. The molecule has 8 heteroatoms. The molecule has 1 rings (SSSR count). The largest absolute Gasteiger partial charge is 0.380 e. The molecule has 7 nitrogen and oxygen atoms in total. The van der Waals surface area contributed by atoms with E-state index < -0.39 is 10.8 Å². The van der Waals surface area contributed by atoms with Gasteiger partial charge in [0, 0.05) is 19.2 Å². The molecular weight excluding hydrogens is 286 g/mol. The molecule has 0 bridgehead atoms. The number of amides is 1. The third kappa shape index (κ3) is 5.10. The third-order valence-corrected chi connectivity index (χ3v) is 2.76. The zero-order chi connectivity index (χ0) is 15.0. The molecule has 0 aliphatic carbocycles. The SMILES string of the molecule is CCCCOCCNC(=O)c1cc([N+](=O)[O-])cnc1Cl. The van der Waals surface area contributed by atoms with Crippen molar-refractivity contribution in [1.29, 1.82) is 0 Å². The van der Waals surface area contributed by atoms with Crippen LogP contribution in [-0.4, -0.2) is 35.6 Å². The number of nitro groups is 1. The minimum Gasteiger partial charge on any atom is -0.380 e. The van der Waals surface area contributed by atoms with Crippen molar-refractivity contribution in [1.82, 2.24) is 10.3 Å². The van der Waals surface area contributed by atoms with Crippen LogP contribution in [0.3, 0.4) is 0 Å². The van der Waals surface area contributed by atoms with E-state index in [9.17, 15) is 14.9 Å². The summed E-state index contributed by atoms with van der Waals surface area (Å²) in [5.41, 5.74) is -0.298. The van der Waals surface area contributed by atoms with Gasteiger partial charge in [-0.05, 0) is 6.42 Å². The molecule has 0 saturated carbocycles. The summed E-state index contributed by atoms with van der Waals surface area (Å²) >= 11 is 5.75. The number of unbranched alkanes of at least 4 members (excludes halogenated alkanes) is 1. The van der Waals surface area contributed by atoms with E-state index in [2.05, 4.69) is 17.2 Å². The number of carbonyl (C=O) groups excluding carboxylic acids is 1. The minimum absolute atomic E-state index is 0.0191. The Balaban J connectivity index is 2.50. The monoisotopic (exact) mass is 301 g/mol. The van der Waals surface area contributed by atoms with Gasteiger partial charge < -0.3 is 10.1 Å². The Bertz CT molecular complexity index is 482. The first-order chi connectivity index (χ1) is 9.56. The van der Waals surface area contributed by atoms with Crippen molar-refractivity contribution >= 4 is 23.2 Å². The lowest BCUT2D eigenvalue weighted by atomic mass is 10.2. The molecule has 1 heterocycles. The van der Waals surface area contributed by atoms with Crippen LogP contribution in [0.5, 0.6) is 0 Å². The van der Waals surface area contributed by atoms with Gasteiger partial charge in [-0.1, -0.05) is 24.9 Å². The summed E-state index contributed by atoms with van der Waals surface area (Å²) in [6.45, 7) is 3.39. The van der Waals surface area contributed by atoms with Gasteiger partial charge in [-0.3, -0.25) is 14.9 Å². The first-order valence-corrected chi connectivity index (χ1v) is 6.60. The molecule has 0 aliphatic rings. The molecule has 110 valence electrons. The number of nitrogens with one attached hydrogen (secondary N) is 1. The standard InChI is InChI=1S/C12H16ClN3O4/c1-2-3-5-20-6-4-14-12(17)10-7-9(16(18)19)8-15-11(10)13/h7-8H,2-6H2,1H3,(H,14,17). The number of nitrogens with zero attached hydrogens (tertiary/aromatic N) is 2. The van der Waals surface area contributed by atoms with Crippen LogP contribution in [0.1, 0.15) is 30.1 Å². The van der Waals surface area contributed by atoms with Crippen LogP contribution in [0, 0.1) is 10.1 Å². The van der Waals surface area contributed by atoms with E-state index in [0.717, 1.165) is 25.1 Å². The number of halogens is 1. The van der Waals surface area contributed by atoms with Crippen molar-refractivity contribution in [2.75, 3.05) is 19.8 Å². The third-order valence-electron chi connectivity index (χ3n) is 2.45. The summed E-state index contributed by atoms with van der Waals surface area (Å²) in [7, 11) is 0. The summed E-state index contributed by atoms with van der Waals surface area (Å²) in [6.07, 6.45) is 3.02. The van der Waals surface area contributed by atoms with Gasteiger partial charge >= 0.3 is 0 Å². The molecule has 0 saturated heterocycles. The van der Waals surface area contributed by atoms with E-state index in [-0.39, 0.29) is 16.4 Å². The highest BCUT2D eigenvalue weighted by Gasteiger charge is 2.16. The van der Waals surface area contributed by atoms with Crippen LogP contribution in [0.2, 0.25) is 5.15 Å². The quantitative estimate of drug-likeness (QED) is 0.344. The first-order valence-electron chi connectivity index (χ1n) is 6.22. The molecule has 0 unspecified atom stereocenters. The minimum atomic E-state index is -0.631. The molecule has 1 N–H and O–H groups in total. The van der Waals surface area contributed by atoms with Gasteiger partial charge in [0.2, 0.25) is 0 Å². The lowest BCUT2D eigenvalue weighted by molar-refractivity contribution is -0.385. The van der Waals surface area contributed by atoms with Crippen LogP contribution in [-0.2, 0) is 4.74 Å². The lowest BCUT2D eigenvalue weighted by Crippen LogP contribution is -2.27. The maximum atomic E-state index is 11.8. The molecule has 0 fully saturated rings. The summed E-state index contributed by atoms with van der Waals surface area (Å²) < 4.78 is 5.28. The second kappa shape index (κ2) is 8.44. The zero-order valence-electron chi connectivity index (χ0n) is 11.1. The Morgan fingerprint density at radius 3 is 2.95 bits per heavy atom. The maximum absolute atomic E-state index is 11.8. The molecular formula is C12H16ClN3O4. The predicted octanol–water partition coefficient (Wildman–Crippen LogP) is 2.19. The summed E-state index contributed by atoms with van der Waals surface area (Å²) in [5.74, 6) is -0.509. The van der Waals surface area contributed by atoms with E-state index >= 15 is 0 Å². The molecule has 1 amide bonds. The van der Waals surface area contributed by atoms with Gasteiger partial charge in [-0.15, -0.1) is 0 Å². The number of pyridine rings is 1. The van der Waals surface area contributed by atoms with Crippen LogP contribution in [0.15, 0.2) is 12.3 Å². The van der Waals surface area contributed by atoms with Crippen LogP contribution in [0.25, 0.3) is 0 Å². The molecule has 1 aromatic heterocycles. The van der Waals surface area contributed by atoms with E-state index in [1.54, 1.807) is 0 Å². The maximum Gasteiger partial charge on any atom is 0.288 e. The molecule has 1 aromatic rings. The Morgan fingerprint density at radius 2 is 2.30 bits per heavy atom. The van der Waals surface area contributed by atoms with Crippen molar-refractivity contribution in [3.05, 3.63) is 33.1 Å². The highest BCUT2D eigenvalue weighted by atomic mass is 35.5. The van der Waals surface area contributed by atoms with Crippen molar-refractivity contribution in [3.8, 4) is 0 Å². The van der Waals surface area contributed by atoms with Crippen LogP contribution < -0.4 is 5.32 Å². The number of ether oxygens (including phenoxy) is 1. The van der Waals surface area contributed by atoms with Crippen molar-refractivity contribution in [2.24, 2.45) is 0 Å². The summed E-state index contributed by atoms with van der Waals surface area (Å²) in [6, 6.07) is 1.10. The number of aromatic nitrogens is 1. The fraction of sp³-hybridized carbons (Fsp3) is 0.500. The predicted molar refractivity (Wildman–Crippen MR) is 74.0 cm³/mol. The average Bonchev–Trinajstić information content (AvgIpc) is 2.42. The Labute approximate surface area is 121 Å². The van der Waals surface area contributed by atoms with Gasteiger partial charge in [-0.2, -0.15) is 0 Å². The van der Waals surface area contributed by atoms with Gasteiger partial charge in [0.15, 0.2) is 0 Å².